The number of ether oxygens (including phenoxy) is 2. The number of aliphatic carboxylic acids is 1. The van der Waals surface area contributed by atoms with E-state index >= 15 is 0 Å². The Kier molecular flexibility index (Phi) is 7.32. The van der Waals surface area contributed by atoms with Crippen LogP contribution < -0.4 is 9.47 Å². The van der Waals surface area contributed by atoms with Crippen LogP contribution in [0.15, 0.2) is 109 Å². The monoisotopic (exact) mass is 557 g/mol. The van der Waals surface area contributed by atoms with Crippen molar-refractivity contribution in [1.82, 2.24) is 14.5 Å². The van der Waals surface area contributed by atoms with E-state index in [1.54, 1.807) is 0 Å². The fraction of sp³-hybridized carbons (Fsp3) is 0.171. The highest BCUT2D eigenvalue weighted by atomic mass is 16.5. The maximum absolute atomic E-state index is 11.6. The molecule has 1 atom stereocenters. The number of para-hydroxylation sites is 3. The van der Waals surface area contributed by atoms with E-state index < -0.39 is 11.4 Å². The summed E-state index contributed by atoms with van der Waals surface area (Å²) in [5.41, 5.74) is 5.12. The number of pyridine rings is 1. The zero-order valence-electron chi connectivity index (χ0n) is 23.5. The van der Waals surface area contributed by atoms with Gasteiger partial charge in [0.2, 0.25) is 0 Å². The molecule has 0 fully saturated rings. The molecule has 0 saturated heterocycles. The molecule has 210 valence electrons. The van der Waals surface area contributed by atoms with E-state index in [1.165, 1.54) is 0 Å². The van der Waals surface area contributed by atoms with E-state index in [0.29, 0.717) is 24.8 Å². The second-order valence-corrected chi connectivity index (χ2v) is 10.6. The van der Waals surface area contributed by atoms with Crippen LogP contribution in [-0.2, 0) is 23.9 Å². The van der Waals surface area contributed by atoms with Gasteiger partial charge < -0.3 is 14.6 Å². The molecule has 0 amide bonds. The summed E-state index contributed by atoms with van der Waals surface area (Å²) in [7, 11) is 1.92. The van der Waals surface area contributed by atoms with Gasteiger partial charge >= 0.3 is 12.0 Å². The lowest BCUT2D eigenvalue weighted by Crippen LogP contribution is -2.25. The Hall–Kier alpha value is -5.17. The second kappa shape index (κ2) is 11.4. The number of fused-ring (bicyclic) bond motifs is 2. The third-order valence-electron chi connectivity index (χ3n) is 7.82. The minimum atomic E-state index is -0.828. The largest absolute Gasteiger partial charge is 0.487 e. The van der Waals surface area contributed by atoms with Crippen molar-refractivity contribution in [3.05, 3.63) is 126 Å². The summed E-state index contributed by atoms with van der Waals surface area (Å²) < 4.78 is 14.1. The lowest BCUT2D eigenvalue weighted by atomic mass is 9.73. The number of carboxylic acid groups (broad SMARTS) is 1. The van der Waals surface area contributed by atoms with E-state index in [2.05, 4.69) is 16.9 Å². The van der Waals surface area contributed by atoms with Crippen molar-refractivity contribution in [3.8, 4) is 17.5 Å². The van der Waals surface area contributed by atoms with E-state index in [0.717, 1.165) is 44.5 Å². The number of nitrogens with zero attached hydrogens (tertiary/aromatic N) is 3. The molecule has 2 heterocycles. The predicted molar refractivity (Wildman–Crippen MR) is 163 cm³/mol. The first-order valence-corrected chi connectivity index (χ1v) is 13.9. The first-order valence-electron chi connectivity index (χ1n) is 13.9. The summed E-state index contributed by atoms with van der Waals surface area (Å²) in [6, 6.07) is 36.1. The Morgan fingerprint density at radius 1 is 0.786 bits per heavy atom. The molecule has 42 heavy (non-hydrogen) atoms. The molecule has 7 nitrogen and oxygen atoms in total. The molecule has 6 rings (SSSR count). The van der Waals surface area contributed by atoms with Gasteiger partial charge in [-0.1, -0.05) is 67.6 Å². The number of carbonyl (C=O) groups is 1. The van der Waals surface area contributed by atoms with Crippen molar-refractivity contribution in [1.29, 1.82) is 0 Å². The fourth-order valence-corrected chi connectivity index (χ4v) is 5.29. The summed E-state index contributed by atoms with van der Waals surface area (Å²) in [6.07, 6.45) is 0.481. The zero-order chi connectivity index (χ0) is 29.1. The van der Waals surface area contributed by atoms with Crippen LogP contribution in [0.4, 0.5) is 0 Å². The SMILES string of the molecule is Cn1c(Oc2ccc(C(C)(CCC(=O)O)c3ccc(OCc4ccc5ccccc5n4)cc3)cc2)nc2ccccc21. The Morgan fingerprint density at radius 3 is 2.12 bits per heavy atom. The van der Waals surface area contributed by atoms with Gasteiger partial charge in [0.05, 0.1) is 22.2 Å². The summed E-state index contributed by atoms with van der Waals surface area (Å²) in [5.74, 6) is 0.551. The lowest BCUT2D eigenvalue weighted by molar-refractivity contribution is -0.137. The maximum atomic E-state index is 11.6. The number of carboxylic acids is 1. The van der Waals surface area contributed by atoms with Crippen molar-refractivity contribution in [3.63, 3.8) is 0 Å². The van der Waals surface area contributed by atoms with Gasteiger partial charge in [-0.05, 0) is 66.1 Å². The molecule has 2 aromatic heterocycles. The van der Waals surface area contributed by atoms with Gasteiger partial charge in [-0.3, -0.25) is 9.36 Å². The highest BCUT2D eigenvalue weighted by Gasteiger charge is 2.30. The van der Waals surface area contributed by atoms with Crippen molar-refractivity contribution in [2.75, 3.05) is 0 Å². The normalized spacial score (nSPS) is 12.7. The molecular weight excluding hydrogens is 526 g/mol. The quantitative estimate of drug-likeness (QED) is 0.186. The number of imidazole rings is 1. The summed E-state index contributed by atoms with van der Waals surface area (Å²) in [5, 5.41) is 10.6. The van der Waals surface area contributed by atoms with Gasteiger partial charge in [-0.2, -0.15) is 4.98 Å². The standard InChI is InChI=1S/C35H31N3O4/c1-35(22-21-33(39)40,26-14-19-29(20-15-26)42-34-37-31-9-5-6-10-32(31)38(34)2)25-12-17-28(18-13-25)41-23-27-16-11-24-7-3-4-8-30(24)36-27/h3-20H,21-23H2,1-2H3,(H,39,40). The molecular formula is C35H31N3O4. The molecule has 6 aromatic rings. The molecule has 7 heteroatoms. The predicted octanol–water partition coefficient (Wildman–Crippen LogP) is 7.66. The molecule has 4 aromatic carbocycles. The Morgan fingerprint density at radius 2 is 1.43 bits per heavy atom. The average Bonchev–Trinajstić information content (AvgIpc) is 3.34. The number of rotatable bonds is 10. The molecule has 0 aliphatic rings. The molecule has 1 unspecified atom stereocenters. The third-order valence-corrected chi connectivity index (χ3v) is 7.82. The van der Waals surface area contributed by atoms with E-state index in [1.807, 2.05) is 121 Å². The third kappa shape index (κ3) is 5.54. The molecule has 0 spiro atoms. The van der Waals surface area contributed by atoms with Crippen molar-refractivity contribution in [2.45, 2.75) is 31.8 Å². The first-order chi connectivity index (χ1) is 20.4. The molecule has 0 aliphatic heterocycles. The van der Waals surface area contributed by atoms with Crippen LogP contribution in [0.1, 0.15) is 36.6 Å². The fourth-order valence-electron chi connectivity index (χ4n) is 5.29. The smallest absolute Gasteiger partial charge is 0.303 e. The van der Waals surface area contributed by atoms with Crippen LogP contribution in [0, 0.1) is 0 Å². The molecule has 1 N–H and O–H groups in total. The van der Waals surface area contributed by atoms with Gasteiger partial charge in [0, 0.05) is 24.3 Å². The van der Waals surface area contributed by atoms with Gasteiger partial charge in [0.25, 0.3) is 0 Å². The molecule has 0 aliphatic carbocycles. The van der Waals surface area contributed by atoms with Crippen LogP contribution in [-0.4, -0.2) is 25.6 Å². The Bertz CT molecular complexity index is 1860. The highest BCUT2D eigenvalue weighted by molar-refractivity contribution is 5.78. The van der Waals surface area contributed by atoms with Crippen LogP contribution >= 0.6 is 0 Å². The second-order valence-electron chi connectivity index (χ2n) is 10.6. The first kappa shape index (κ1) is 27.0. The van der Waals surface area contributed by atoms with Crippen LogP contribution in [0.5, 0.6) is 17.5 Å². The Labute approximate surface area is 244 Å². The topological polar surface area (TPSA) is 86.5 Å². The lowest BCUT2D eigenvalue weighted by Gasteiger charge is -2.31. The van der Waals surface area contributed by atoms with Crippen molar-refractivity contribution >= 4 is 27.9 Å². The summed E-state index contributed by atoms with van der Waals surface area (Å²) in [6.45, 7) is 2.43. The minimum absolute atomic E-state index is 0.0422. The number of hydrogen-bond donors (Lipinski definition) is 1. The van der Waals surface area contributed by atoms with Crippen molar-refractivity contribution in [2.24, 2.45) is 7.05 Å². The molecule has 0 bridgehead atoms. The zero-order valence-corrected chi connectivity index (χ0v) is 23.5. The number of aryl methyl sites for hydroxylation is 1. The van der Waals surface area contributed by atoms with Gasteiger partial charge in [-0.25, -0.2) is 4.98 Å². The van der Waals surface area contributed by atoms with Gasteiger partial charge in [0.1, 0.15) is 18.1 Å². The summed E-state index contributed by atoms with van der Waals surface area (Å²) >= 11 is 0. The van der Waals surface area contributed by atoms with Gasteiger partial charge in [-0.15, -0.1) is 0 Å². The number of hydrogen-bond acceptors (Lipinski definition) is 5. The van der Waals surface area contributed by atoms with Crippen LogP contribution in [0.3, 0.4) is 0 Å². The molecule has 0 radical (unpaired) electrons. The number of benzene rings is 4. The van der Waals surface area contributed by atoms with Crippen molar-refractivity contribution < 1.29 is 19.4 Å². The van der Waals surface area contributed by atoms with Crippen LogP contribution in [0.2, 0.25) is 0 Å². The Balaban J connectivity index is 1.20. The van der Waals surface area contributed by atoms with Crippen LogP contribution in [0.25, 0.3) is 21.9 Å². The summed E-state index contributed by atoms with van der Waals surface area (Å²) in [4.78, 5) is 20.8. The van der Waals surface area contributed by atoms with E-state index in [4.69, 9.17) is 9.47 Å². The maximum Gasteiger partial charge on any atom is 0.303 e. The average molecular weight is 558 g/mol. The molecule has 0 saturated carbocycles. The van der Waals surface area contributed by atoms with E-state index in [9.17, 15) is 9.90 Å². The van der Waals surface area contributed by atoms with E-state index in [-0.39, 0.29) is 6.42 Å². The van der Waals surface area contributed by atoms with Gasteiger partial charge in [0.15, 0.2) is 0 Å². The number of aromatic nitrogens is 3. The minimum Gasteiger partial charge on any atom is -0.487 e. The highest BCUT2D eigenvalue weighted by Crippen LogP contribution is 2.38.